The van der Waals surface area contributed by atoms with E-state index >= 15 is 0 Å². The van der Waals surface area contributed by atoms with Crippen LogP contribution in [0, 0.1) is 0 Å². The summed E-state index contributed by atoms with van der Waals surface area (Å²) in [4.78, 5) is 24.7. The van der Waals surface area contributed by atoms with E-state index in [-0.39, 0.29) is 17.4 Å². The first kappa shape index (κ1) is 17.9. The Hall–Kier alpha value is -2.47. The first-order valence-corrected chi connectivity index (χ1v) is 9.64. The molecule has 1 aromatic heterocycles. The zero-order chi connectivity index (χ0) is 18.9. The first-order valence-electron chi connectivity index (χ1n) is 9.64. The number of likely N-dealkylation sites (N-methyl/N-ethyl adjacent to an activating group) is 1. The molecule has 1 amide bonds. The molecule has 0 bridgehead atoms. The van der Waals surface area contributed by atoms with Crippen molar-refractivity contribution in [3.63, 3.8) is 0 Å². The Kier molecular flexibility index (Phi) is 4.83. The molecule has 6 nitrogen and oxygen atoms in total. The molecule has 2 aliphatic rings. The molecule has 1 fully saturated rings. The standard InChI is InChI=1S/C21H27N5O/c1-25(2)19(27)15-24-18-14-21(17-7-4-3-6-16(17)18)8-12-26(13-9-21)20-22-10-5-11-23-20/h3-7,10-11,18,24H,8-9,12-15H2,1-2H3/t18-/m1/s1. The predicted molar refractivity (Wildman–Crippen MR) is 106 cm³/mol. The quantitative estimate of drug-likeness (QED) is 0.899. The lowest BCUT2D eigenvalue weighted by Crippen LogP contribution is -2.43. The van der Waals surface area contributed by atoms with Gasteiger partial charge in [0.15, 0.2) is 0 Å². The number of nitrogens with one attached hydrogen (secondary N) is 1. The third kappa shape index (κ3) is 3.41. The van der Waals surface area contributed by atoms with E-state index in [0.29, 0.717) is 6.54 Å². The highest BCUT2D eigenvalue weighted by Crippen LogP contribution is 2.50. The van der Waals surface area contributed by atoms with Gasteiger partial charge in [-0.3, -0.25) is 4.79 Å². The molecule has 0 saturated carbocycles. The third-order valence-electron chi connectivity index (χ3n) is 6.06. The smallest absolute Gasteiger partial charge is 0.236 e. The van der Waals surface area contributed by atoms with E-state index in [0.717, 1.165) is 38.3 Å². The molecule has 6 heteroatoms. The summed E-state index contributed by atoms with van der Waals surface area (Å²) >= 11 is 0. The van der Waals surface area contributed by atoms with Crippen LogP contribution in [0.4, 0.5) is 5.95 Å². The number of hydrogen-bond acceptors (Lipinski definition) is 5. The molecule has 1 saturated heterocycles. The van der Waals surface area contributed by atoms with Crippen LogP contribution in [0.5, 0.6) is 0 Å². The molecule has 1 aliphatic heterocycles. The summed E-state index contributed by atoms with van der Waals surface area (Å²) in [6.45, 7) is 2.30. The molecule has 1 spiro atoms. The summed E-state index contributed by atoms with van der Waals surface area (Å²) in [6.07, 6.45) is 6.83. The topological polar surface area (TPSA) is 61.4 Å². The van der Waals surface area contributed by atoms with Gasteiger partial charge in [0.2, 0.25) is 11.9 Å². The molecule has 0 radical (unpaired) electrons. The van der Waals surface area contributed by atoms with Gasteiger partial charge in [0, 0.05) is 51.0 Å². The molecule has 0 unspecified atom stereocenters. The monoisotopic (exact) mass is 365 g/mol. The molecule has 27 heavy (non-hydrogen) atoms. The van der Waals surface area contributed by atoms with Crippen LogP contribution in [-0.2, 0) is 10.2 Å². The van der Waals surface area contributed by atoms with Crippen LogP contribution in [0.25, 0.3) is 0 Å². The van der Waals surface area contributed by atoms with Crippen LogP contribution in [0.2, 0.25) is 0 Å². The van der Waals surface area contributed by atoms with Gasteiger partial charge >= 0.3 is 0 Å². The lowest BCUT2D eigenvalue weighted by molar-refractivity contribution is -0.127. The zero-order valence-electron chi connectivity index (χ0n) is 16.1. The van der Waals surface area contributed by atoms with E-state index in [1.165, 1.54) is 11.1 Å². The number of fused-ring (bicyclic) bond motifs is 2. The van der Waals surface area contributed by atoms with Crippen molar-refractivity contribution in [1.29, 1.82) is 0 Å². The number of nitrogens with zero attached hydrogens (tertiary/aromatic N) is 4. The number of carbonyl (C=O) groups excluding carboxylic acids is 1. The van der Waals surface area contributed by atoms with Gasteiger partial charge in [-0.05, 0) is 36.5 Å². The van der Waals surface area contributed by atoms with Crippen molar-refractivity contribution in [2.75, 3.05) is 38.6 Å². The minimum absolute atomic E-state index is 0.115. The predicted octanol–water partition coefficient (Wildman–Crippen LogP) is 2.14. The number of amides is 1. The van der Waals surface area contributed by atoms with Crippen molar-refractivity contribution < 1.29 is 4.79 Å². The van der Waals surface area contributed by atoms with Gasteiger partial charge in [0.25, 0.3) is 0 Å². The maximum atomic E-state index is 12.0. The lowest BCUT2D eigenvalue weighted by Gasteiger charge is -2.40. The van der Waals surface area contributed by atoms with E-state index in [1.807, 2.05) is 6.07 Å². The Morgan fingerprint density at radius 3 is 2.59 bits per heavy atom. The van der Waals surface area contributed by atoms with Crippen LogP contribution in [0.3, 0.4) is 0 Å². The Balaban J connectivity index is 1.50. The van der Waals surface area contributed by atoms with Crippen molar-refractivity contribution in [3.8, 4) is 0 Å². The fourth-order valence-corrected chi connectivity index (χ4v) is 4.51. The average molecular weight is 365 g/mol. The Morgan fingerprint density at radius 1 is 1.19 bits per heavy atom. The number of hydrogen-bond donors (Lipinski definition) is 1. The maximum Gasteiger partial charge on any atom is 0.236 e. The summed E-state index contributed by atoms with van der Waals surface area (Å²) in [5.41, 5.74) is 2.99. The number of aromatic nitrogens is 2. The van der Waals surface area contributed by atoms with Crippen molar-refractivity contribution >= 4 is 11.9 Å². The highest BCUT2D eigenvalue weighted by atomic mass is 16.2. The maximum absolute atomic E-state index is 12.0. The Labute approximate surface area is 160 Å². The summed E-state index contributed by atoms with van der Waals surface area (Å²) in [5, 5.41) is 3.50. The van der Waals surface area contributed by atoms with Gasteiger partial charge in [0.1, 0.15) is 0 Å². The Bertz CT molecular complexity index is 799. The van der Waals surface area contributed by atoms with E-state index in [4.69, 9.17) is 0 Å². The van der Waals surface area contributed by atoms with Crippen LogP contribution in [0.15, 0.2) is 42.7 Å². The minimum atomic E-state index is 0.115. The van der Waals surface area contributed by atoms with Gasteiger partial charge in [-0.1, -0.05) is 24.3 Å². The molecule has 1 atom stereocenters. The number of piperidine rings is 1. The largest absolute Gasteiger partial charge is 0.348 e. The SMILES string of the molecule is CN(C)C(=O)CN[C@@H]1CC2(CCN(c3ncccn3)CC2)c2ccccc21. The molecular formula is C21H27N5O. The average Bonchev–Trinajstić information content (AvgIpc) is 3.01. The second kappa shape index (κ2) is 7.27. The van der Waals surface area contributed by atoms with Gasteiger partial charge < -0.3 is 15.1 Å². The van der Waals surface area contributed by atoms with Crippen molar-refractivity contribution in [3.05, 3.63) is 53.9 Å². The molecular weight excluding hydrogens is 338 g/mol. The minimum Gasteiger partial charge on any atom is -0.348 e. The summed E-state index contributed by atoms with van der Waals surface area (Å²) < 4.78 is 0. The highest BCUT2D eigenvalue weighted by Gasteiger charge is 2.45. The summed E-state index contributed by atoms with van der Waals surface area (Å²) in [5.74, 6) is 0.939. The second-order valence-electron chi connectivity index (χ2n) is 7.83. The number of anilines is 1. The molecule has 2 heterocycles. The van der Waals surface area contributed by atoms with Crippen molar-refractivity contribution in [2.45, 2.75) is 30.7 Å². The lowest BCUT2D eigenvalue weighted by atomic mass is 9.73. The number of rotatable bonds is 4. The molecule has 142 valence electrons. The van der Waals surface area contributed by atoms with E-state index in [1.54, 1.807) is 31.4 Å². The van der Waals surface area contributed by atoms with Crippen molar-refractivity contribution in [2.24, 2.45) is 0 Å². The van der Waals surface area contributed by atoms with Crippen LogP contribution >= 0.6 is 0 Å². The Morgan fingerprint density at radius 2 is 1.89 bits per heavy atom. The van der Waals surface area contributed by atoms with Gasteiger partial charge in [-0.15, -0.1) is 0 Å². The molecule has 4 rings (SSSR count). The second-order valence-corrected chi connectivity index (χ2v) is 7.83. The van der Waals surface area contributed by atoms with Gasteiger partial charge in [-0.25, -0.2) is 9.97 Å². The van der Waals surface area contributed by atoms with E-state index in [2.05, 4.69) is 44.5 Å². The third-order valence-corrected chi connectivity index (χ3v) is 6.06. The van der Waals surface area contributed by atoms with Crippen LogP contribution in [-0.4, -0.2) is 54.5 Å². The molecule has 1 aromatic carbocycles. The van der Waals surface area contributed by atoms with Gasteiger partial charge in [0.05, 0.1) is 6.54 Å². The summed E-state index contributed by atoms with van der Waals surface area (Å²) in [6, 6.07) is 10.8. The zero-order valence-corrected chi connectivity index (χ0v) is 16.1. The molecule has 1 aliphatic carbocycles. The van der Waals surface area contributed by atoms with Crippen molar-refractivity contribution in [1.82, 2.24) is 20.2 Å². The fourth-order valence-electron chi connectivity index (χ4n) is 4.51. The van der Waals surface area contributed by atoms with Crippen LogP contribution in [0.1, 0.15) is 36.4 Å². The van der Waals surface area contributed by atoms with E-state index in [9.17, 15) is 4.79 Å². The fraction of sp³-hybridized carbons (Fsp3) is 0.476. The highest BCUT2D eigenvalue weighted by molar-refractivity contribution is 5.77. The number of benzene rings is 1. The van der Waals surface area contributed by atoms with Gasteiger partial charge in [-0.2, -0.15) is 0 Å². The summed E-state index contributed by atoms with van der Waals surface area (Å²) in [7, 11) is 3.60. The first-order chi connectivity index (χ1) is 13.1. The van der Waals surface area contributed by atoms with E-state index < -0.39 is 0 Å². The molecule has 1 N–H and O–H groups in total. The van der Waals surface area contributed by atoms with Crippen LogP contribution < -0.4 is 10.2 Å². The normalized spacial score (nSPS) is 20.5. The number of carbonyl (C=O) groups is 1. The molecule has 2 aromatic rings.